The molecule has 1 saturated carbocycles. The first kappa shape index (κ1) is 17.2. The molecule has 1 aliphatic carbocycles. The van der Waals surface area contributed by atoms with E-state index in [1.807, 2.05) is 0 Å². The summed E-state index contributed by atoms with van der Waals surface area (Å²) >= 11 is 0. The summed E-state index contributed by atoms with van der Waals surface area (Å²) in [6.45, 7) is 6.80. The van der Waals surface area contributed by atoms with Crippen molar-refractivity contribution in [2.45, 2.75) is 95.2 Å². The zero-order valence-corrected chi connectivity index (χ0v) is 15.0. The normalized spacial score (nSPS) is 35.4. The molecule has 0 bridgehead atoms. The van der Waals surface area contributed by atoms with Crippen molar-refractivity contribution >= 4 is 5.91 Å². The van der Waals surface area contributed by atoms with Crippen LogP contribution in [-0.4, -0.2) is 57.6 Å². The van der Waals surface area contributed by atoms with Gasteiger partial charge in [-0.25, -0.2) is 0 Å². The van der Waals surface area contributed by atoms with Crippen molar-refractivity contribution in [3.05, 3.63) is 0 Å². The molecular formula is C19H34N2O2. The molecule has 2 atom stereocenters. The predicted molar refractivity (Wildman–Crippen MR) is 92.3 cm³/mol. The lowest BCUT2D eigenvalue weighted by Gasteiger charge is -2.54. The van der Waals surface area contributed by atoms with Gasteiger partial charge >= 0.3 is 0 Å². The summed E-state index contributed by atoms with van der Waals surface area (Å²) < 4.78 is 0. The van der Waals surface area contributed by atoms with E-state index in [9.17, 15) is 9.90 Å². The molecular weight excluding hydrogens is 288 g/mol. The van der Waals surface area contributed by atoms with Gasteiger partial charge in [-0.2, -0.15) is 0 Å². The van der Waals surface area contributed by atoms with Crippen LogP contribution < -0.4 is 0 Å². The second kappa shape index (κ2) is 6.72. The Bertz CT molecular complexity index is 433. The Hall–Kier alpha value is -0.610. The van der Waals surface area contributed by atoms with E-state index in [1.54, 1.807) is 6.92 Å². The molecule has 0 aromatic carbocycles. The maximum atomic E-state index is 12.2. The van der Waals surface area contributed by atoms with Crippen molar-refractivity contribution in [3.63, 3.8) is 0 Å². The molecule has 3 rings (SSSR count). The maximum Gasteiger partial charge on any atom is 0.219 e. The van der Waals surface area contributed by atoms with Crippen molar-refractivity contribution in [2.75, 3.05) is 19.6 Å². The number of amides is 1. The number of rotatable bonds is 2. The zero-order valence-electron chi connectivity index (χ0n) is 15.0. The second-order valence-electron chi connectivity index (χ2n) is 8.40. The van der Waals surface area contributed by atoms with Gasteiger partial charge in [-0.1, -0.05) is 25.7 Å². The van der Waals surface area contributed by atoms with Crippen LogP contribution in [0.15, 0.2) is 0 Å². The van der Waals surface area contributed by atoms with Gasteiger partial charge in [-0.05, 0) is 52.0 Å². The lowest BCUT2D eigenvalue weighted by atomic mass is 9.77. The largest absolute Gasteiger partial charge is 0.389 e. The first-order valence-corrected chi connectivity index (χ1v) is 9.69. The van der Waals surface area contributed by atoms with Crippen molar-refractivity contribution in [2.24, 2.45) is 0 Å². The van der Waals surface area contributed by atoms with Gasteiger partial charge in [0.05, 0.1) is 11.1 Å². The minimum Gasteiger partial charge on any atom is -0.389 e. The molecule has 0 radical (unpaired) electrons. The summed E-state index contributed by atoms with van der Waals surface area (Å²) in [5.74, 6) is 0.220. The quantitative estimate of drug-likeness (QED) is 0.850. The summed E-state index contributed by atoms with van der Waals surface area (Å²) in [7, 11) is 0. The van der Waals surface area contributed by atoms with Crippen LogP contribution in [0.25, 0.3) is 0 Å². The average molecular weight is 322 g/mol. The molecule has 0 spiro atoms. The standard InChI is InChI=1S/C19H34N2O2/c1-16(22)21-14-7-4-9-17-18(21,2)10-8-13-20(17)15-19(23)11-5-3-6-12-19/h17,23H,3-15H2,1-2H3/t17-,18-/m0/s1. The van der Waals surface area contributed by atoms with E-state index in [2.05, 4.69) is 16.7 Å². The fourth-order valence-corrected chi connectivity index (χ4v) is 5.48. The highest BCUT2D eigenvalue weighted by atomic mass is 16.3. The fourth-order valence-electron chi connectivity index (χ4n) is 5.48. The van der Waals surface area contributed by atoms with Gasteiger partial charge in [0, 0.05) is 26.1 Å². The molecule has 3 aliphatic rings. The molecule has 1 N–H and O–H groups in total. The van der Waals surface area contributed by atoms with Crippen LogP contribution in [0.3, 0.4) is 0 Å². The maximum absolute atomic E-state index is 12.2. The van der Waals surface area contributed by atoms with Gasteiger partial charge in [0.1, 0.15) is 0 Å². The van der Waals surface area contributed by atoms with E-state index in [-0.39, 0.29) is 11.4 Å². The molecule has 4 nitrogen and oxygen atoms in total. The minimum atomic E-state index is -0.496. The van der Waals surface area contributed by atoms with E-state index in [0.717, 1.165) is 71.0 Å². The number of nitrogens with zero attached hydrogens (tertiary/aromatic N) is 2. The molecule has 23 heavy (non-hydrogen) atoms. The molecule has 4 heteroatoms. The summed E-state index contributed by atoms with van der Waals surface area (Å²) in [6, 6.07) is 0.411. The number of hydrogen-bond donors (Lipinski definition) is 1. The summed E-state index contributed by atoms with van der Waals surface area (Å²) in [5.41, 5.74) is -0.546. The highest BCUT2D eigenvalue weighted by molar-refractivity contribution is 5.74. The van der Waals surface area contributed by atoms with Gasteiger partial charge in [-0.15, -0.1) is 0 Å². The number of fused-ring (bicyclic) bond motifs is 1. The molecule has 132 valence electrons. The van der Waals surface area contributed by atoms with Crippen LogP contribution in [0.5, 0.6) is 0 Å². The third-order valence-corrected chi connectivity index (χ3v) is 6.67. The molecule has 0 aromatic heterocycles. The Balaban J connectivity index is 1.80. The Morgan fingerprint density at radius 2 is 1.78 bits per heavy atom. The molecule has 2 saturated heterocycles. The molecule has 0 aromatic rings. The summed E-state index contributed by atoms with van der Waals surface area (Å²) in [5, 5.41) is 11.0. The number of β-amino-alcohol motifs (C(OH)–C–C–N with tert-alkyl or cyclic N) is 1. The first-order valence-electron chi connectivity index (χ1n) is 9.69. The smallest absolute Gasteiger partial charge is 0.219 e. The van der Waals surface area contributed by atoms with Crippen LogP contribution in [0.2, 0.25) is 0 Å². The van der Waals surface area contributed by atoms with Crippen LogP contribution in [0.1, 0.15) is 78.1 Å². The molecule has 1 amide bonds. The van der Waals surface area contributed by atoms with Gasteiger partial charge in [0.25, 0.3) is 0 Å². The highest BCUT2D eigenvalue weighted by Crippen LogP contribution is 2.40. The fraction of sp³-hybridized carbons (Fsp3) is 0.947. The number of aliphatic hydroxyl groups is 1. The minimum absolute atomic E-state index is 0.0500. The third-order valence-electron chi connectivity index (χ3n) is 6.67. The van der Waals surface area contributed by atoms with Crippen LogP contribution in [0.4, 0.5) is 0 Å². The Morgan fingerprint density at radius 1 is 1.04 bits per heavy atom. The van der Waals surface area contributed by atoms with Crippen LogP contribution in [-0.2, 0) is 4.79 Å². The predicted octanol–water partition coefficient (Wildman–Crippen LogP) is 2.94. The van der Waals surface area contributed by atoms with Crippen molar-refractivity contribution in [1.29, 1.82) is 0 Å². The summed E-state index contributed by atoms with van der Waals surface area (Å²) in [4.78, 5) is 16.9. The number of hydrogen-bond acceptors (Lipinski definition) is 3. The van der Waals surface area contributed by atoms with E-state index in [4.69, 9.17) is 0 Å². The van der Waals surface area contributed by atoms with Gasteiger partial charge in [-0.3, -0.25) is 9.69 Å². The van der Waals surface area contributed by atoms with Crippen LogP contribution in [0, 0.1) is 0 Å². The third kappa shape index (κ3) is 3.43. The van der Waals surface area contributed by atoms with Crippen molar-refractivity contribution in [3.8, 4) is 0 Å². The number of carbonyl (C=O) groups excluding carboxylic acids is 1. The van der Waals surface area contributed by atoms with Gasteiger partial charge < -0.3 is 10.0 Å². The van der Waals surface area contributed by atoms with E-state index < -0.39 is 5.60 Å². The van der Waals surface area contributed by atoms with Crippen LogP contribution >= 0.6 is 0 Å². The number of carbonyl (C=O) groups is 1. The van der Waals surface area contributed by atoms with E-state index >= 15 is 0 Å². The SMILES string of the molecule is CC(=O)N1CCCC[C@@H]2N(CC3(O)CCCCC3)CCC[C@@]21C. The average Bonchev–Trinajstić information content (AvgIpc) is 2.67. The Labute approximate surface area is 141 Å². The zero-order chi connectivity index (χ0) is 16.5. The molecule has 2 heterocycles. The summed E-state index contributed by atoms with van der Waals surface area (Å²) in [6.07, 6.45) is 11.2. The molecule has 0 unspecified atom stereocenters. The van der Waals surface area contributed by atoms with Crippen molar-refractivity contribution in [1.82, 2.24) is 9.80 Å². The van der Waals surface area contributed by atoms with Gasteiger partial charge in [0.15, 0.2) is 0 Å². The number of piperidine rings is 1. The van der Waals surface area contributed by atoms with E-state index in [0.29, 0.717) is 6.04 Å². The second-order valence-corrected chi connectivity index (χ2v) is 8.40. The molecule has 3 fully saturated rings. The topological polar surface area (TPSA) is 43.8 Å². The lowest BCUT2D eigenvalue weighted by molar-refractivity contribution is -0.141. The molecule has 2 aliphatic heterocycles. The van der Waals surface area contributed by atoms with Gasteiger partial charge in [0.2, 0.25) is 5.91 Å². The lowest BCUT2D eigenvalue weighted by Crippen LogP contribution is -2.65. The monoisotopic (exact) mass is 322 g/mol. The highest BCUT2D eigenvalue weighted by Gasteiger charge is 2.48. The Kier molecular flexibility index (Phi) is 5.03. The van der Waals surface area contributed by atoms with Crippen molar-refractivity contribution < 1.29 is 9.90 Å². The first-order chi connectivity index (χ1) is 10.9. The Morgan fingerprint density at radius 3 is 2.48 bits per heavy atom. The number of likely N-dealkylation sites (tertiary alicyclic amines) is 2. The van der Waals surface area contributed by atoms with E-state index in [1.165, 1.54) is 12.8 Å².